The predicted molar refractivity (Wildman–Crippen MR) is 88.6 cm³/mol. The highest BCUT2D eigenvalue weighted by molar-refractivity contribution is 5.13. The van der Waals surface area contributed by atoms with Gasteiger partial charge in [-0.05, 0) is 24.3 Å². The van der Waals surface area contributed by atoms with Crippen molar-refractivity contribution in [3.05, 3.63) is 35.9 Å². The number of hydrogen-bond donors (Lipinski definition) is 1. The third-order valence-corrected chi connectivity index (χ3v) is 4.78. The Balaban J connectivity index is 1.78. The predicted octanol–water partition coefficient (Wildman–Crippen LogP) is 3.65. The molecule has 3 nitrogen and oxygen atoms in total. The number of hydrogen-bond acceptors (Lipinski definition) is 3. The van der Waals surface area contributed by atoms with Gasteiger partial charge in [0, 0.05) is 18.4 Å². The smallest absolute Gasteiger partial charge is 0.0717 e. The van der Waals surface area contributed by atoms with Crippen LogP contribution in [0.15, 0.2) is 30.3 Å². The molecular weight excluding hydrogens is 276 g/mol. The maximum absolute atomic E-state index is 9.39. The summed E-state index contributed by atoms with van der Waals surface area (Å²) in [5.41, 5.74) is 1.21. The van der Waals surface area contributed by atoms with Crippen molar-refractivity contribution in [1.82, 2.24) is 0 Å². The first kappa shape index (κ1) is 17.5. The summed E-state index contributed by atoms with van der Waals surface area (Å²) < 4.78 is 12.1. The molecule has 0 aliphatic carbocycles. The van der Waals surface area contributed by atoms with E-state index in [1.54, 1.807) is 0 Å². The van der Waals surface area contributed by atoms with Crippen molar-refractivity contribution in [3.63, 3.8) is 0 Å². The molecule has 0 amide bonds. The zero-order valence-corrected chi connectivity index (χ0v) is 14.1. The van der Waals surface area contributed by atoms with E-state index in [9.17, 15) is 5.11 Å². The highest BCUT2D eigenvalue weighted by atomic mass is 16.5. The molecule has 0 aromatic heterocycles. The second kappa shape index (κ2) is 8.66. The number of benzene rings is 1. The third-order valence-electron chi connectivity index (χ3n) is 4.78. The van der Waals surface area contributed by atoms with Crippen molar-refractivity contribution in [2.45, 2.75) is 52.4 Å². The van der Waals surface area contributed by atoms with E-state index in [2.05, 4.69) is 32.9 Å². The van der Waals surface area contributed by atoms with Crippen LogP contribution in [-0.2, 0) is 16.1 Å². The lowest BCUT2D eigenvalue weighted by molar-refractivity contribution is -0.136. The van der Waals surface area contributed by atoms with E-state index in [-0.39, 0.29) is 24.7 Å². The van der Waals surface area contributed by atoms with Crippen LogP contribution in [0, 0.1) is 17.8 Å². The van der Waals surface area contributed by atoms with Crippen LogP contribution in [0.3, 0.4) is 0 Å². The fourth-order valence-electron chi connectivity index (χ4n) is 3.26. The van der Waals surface area contributed by atoms with Gasteiger partial charge in [-0.15, -0.1) is 0 Å². The summed E-state index contributed by atoms with van der Waals surface area (Å²) in [5, 5.41) is 9.39. The Bertz CT molecular complexity index is 416. The molecule has 1 fully saturated rings. The van der Waals surface area contributed by atoms with Gasteiger partial charge in [-0.3, -0.25) is 0 Å². The molecule has 1 aliphatic rings. The minimum Gasteiger partial charge on any atom is -0.396 e. The first-order valence-corrected chi connectivity index (χ1v) is 8.49. The summed E-state index contributed by atoms with van der Waals surface area (Å²) in [4.78, 5) is 0. The number of rotatable bonds is 7. The van der Waals surface area contributed by atoms with Gasteiger partial charge >= 0.3 is 0 Å². The molecule has 0 spiro atoms. The van der Waals surface area contributed by atoms with Crippen LogP contribution >= 0.6 is 0 Å². The highest BCUT2D eigenvalue weighted by Gasteiger charge is 2.34. The Hall–Kier alpha value is -0.900. The molecule has 0 bridgehead atoms. The van der Waals surface area contributed by atoms with E-state index >= 15 is 0 Å². The monoisotopic (exact) mass is 306 g/mol. The fraction of sp³-hybridized carbons (Fsp3) is 0.684. The topological polar surface area (TPSA) is 38.7 Å². The molecular formula is C19H30O3. The van der Waals surface area contributed by atoms with Crippen LogP contribution in [0.2, 0.25) is 0 Å². The van der Waals surface area contributed by atoms with Crippen LogP contribution in [-0.4, -0.2) is 30.5 Å². The van der Waals surface area contributed by atoms with Gasteiger partial charge in [0.05, 0.1) is 25.4 Å². The summed E-state index contributed by atoms with van der Waals surface area (Å²) in [6, 6.07) is 10.3. The standard InChI is InChI=1S/C19H30O3/c1-14-9-10-18(22-19(14)15(2)11-20)16(3)12-21-13-17-7-5-4-6-8-17/h4-8,14-16,18-20H,9-13H2,1-3H3/t14-,15-,16+,18-,19-/m0/s1. The van der Waals surface area contributed by atoms with Gasteiger partial charge in [0.25, 0.3) is 0 Å². The minimum atomic E-state index is 0.167. The van der Waals surface area contributed by atoms with Crippen molar-refractivity contribution in [1.29, 1.82) is 0 Å². The van der Waals surface area contributed by atoms with E-state index < -0.39 is 0 Å². The molecule has 1 saturated heterocycles. The Kier molecular flexibility index (Phi) is 6.87. The third kappa shape index (κ3) is 4.80. The van der Waals surface area contributed by atoms with Crippen molar-refractivity contribution >= 4 is 0 Å². The molecule has 0 saturated carbocycles. The Labute approximate surface area is 134 Å². The van der Waals surface area contributed by atoms with Crippen LogP contribution in [0.4, 0.5) is 0 Å². The molecule has 1 aromatic carbocycles. The summed E-state index contributed by atoms with van der Waals surface area (Å²) in [6.45, 7) is 8.07. The van der Waals surface area contributed by atoms with E-state index in [1.165, 1.54) is 12.0 Å². The molecule has 0 unspecified atom stereocenters. The molecule has 1 aliphatic heterocycles. The molecule has 2 rings (SSSR count). The Morgan fingerprint density at radius 3 is 2.59 bits per heavy atom. The van der Waals surface area contributed by atoms with E-state index in [0.29, 0.717) is 25.0 Å². The second-order valence-electron chi connectivity index (χ2n) is 6.83. The summed E-state index contributed by atoms with van der Waals surface area (Å²) in [5.74, 6) is 1.11. The molecule has 1 aromatic rings. The average molecular weight is 306 g/mol. The summed E-state index contributed by atoms with van der Waals surface area (Å²) in [7, 11) is 0. The van der Waals surface area contributed by atoms with Crippen molar-refractivity contribution in [2.75, 3.05) is 13.2 Å². The van der Waals surface area contributed by atoms with Gasteiger partial charge in [-0.2, -0.15) is 0 Å². The van der Waals surface area contributed by atoms with E-state index in [4.69, 9.17) is 9.47 Å². The lowest BCUT2D eigenvalue weighted by atomic mass is 9.84. The summed E-state index contributed by atoms with van der Waals surface area (Å²) >= 11 is 0. The van der Waals surface area contributed by atoms with Gasteiger partial charge < -0.3 is 14.6 Å². The van der Waals surface area contributed by atoms with Crippen LogP contribution in [0.5, 0.6) is 0 Å². The number of aliphatic hydroxyl groups is 1. The van der Waals surface area contributed by atoms with Gasteiger partial charge in [0.15, 0.2) is 0 Å². The first-order chi connectivity index (χ1) is 10.6. The van der Waals surface area contributed by atoms with Gasteiger partial charge in [-0.1, -0.05) is 51.1 Å². The van der Waals surface area contributed by atoms with Crippen LogP contribution < -0.4 is 0 Å². The first-order valence-electron chi connectivity index (χ1n) is 8.49. The lowest BCUT2D eigenvalue weighted by Crippen LogP contribution is -2.42. The SMILES string of the molecule is C[C@H](COCc1ccccc1)[C@@H]1CC[C@H](C)[C@@H]([C@@H](C)CO)O1. The fourth-order valence-corrected chi connectivity index (χ4v) is 3.26. The maximum atomic E-state index is 9.39. The van der Waals surface area contributed by atoms with Gasteiger partial charge in [-0.25, -0.2) is 0 Å². The molecule has 3 heteroatoms. The zero-order valence-electron chi connectivity index (χ0n) is 14.1. The van der Waals surface area contributed by atoms with Crippen molar-refractivity contribution in [3.8, 4) is 0 Å². The van der Waals surface area contributed by atoms with Crippen molar-refractivity contribution in [2.24, 2.45) is 17.8 Å². The maximum Gasteiger partial charge on any atom is 0.0717 e. The minimum absolute atomic E-state index is 0.167. The Morgan fingerprint density at radius 1 is 1.18 bits per heavy atom. The van der Waals surface area contributed by atoms with E-state index in [0.717, 1.165) is 6.42 Å². The number of ether oxygens (including phenoxy) is 2. The molecule has 5 atom stereocenters. The second-order valence-corrected chi connectivity index (χ2v) is 6.83. The molecule has 124 valence electrons. The van der Waals surface area contributed by atoms with Crippen molar-refractivity contribution < 1.29 is 14.6 Å². The van der Waals surface area contributed by atoms with Crippen LogP contribution in [0.25, 0.3) is 0 Å². The van der Waals surface area contributed by atoms with Gasteiger partial charge in [0.2, 0.25) is 0 Å². The lowest BCUT2D eigenvalue weighted by Gasteiger charge is -2.40. The van der Waals surface area contributed by atoms with Crippen LogP contribution in [0.1, 0.15) is 39.2 Å². The molecule has 1 N–H and O–H groups in total. The quantitative estimate of drug-likeness (QED) is 0.835. The summed E-state index contributed by atoms with van der Waals surface area (Å²) in [6.07, 6.45) is 2.67. The largest absolute Gasteiger partial charge is 0.396 e. The Morgan fingerprint density at radius 2 is 1.91 bits per heavy atom. The number of aliphatic hydroxyl groups excluding tert-OH is 1. The zero-order chi connectivity index (χ0) is 15.9. The van der Waals surface area contributed by atoms with E-state index in [1.807, 2.05) is 18.2 Å². The molecule has 0 radical (unpaired) electrons. The normalized spacial score (nSPS) is 28.3. The molecule has 1 heterocycles. The molecule has 22 heavy (non-hydrogen) atoms. The van der Waals surface area contributed by atoms with Gasteiger partial charge in [0.1, 0.15) is 0 Å². The highest BCUT2D eigenvalue weighted by Crippen LogP contribution is 2.32. The average Bonchev–Trinajstić information content (AvgIpc) is 2.55.